The normalized spacial score (nSPS) is 13.9. The molecule has 2 aromatic heterocycles. The maximum atomic E-state index is 13.2. The minimum absolute atomic E-state index is 0.0350. The standard InChI is InChI=1S/C15H12FN5O2/c16-10-3-1-2-9(6-10)14-19-13(20-23-14)15(22)21-5-4-11-12(7-21)18-8-17-11/h1-3,6,8H,4-5,7H2,(H,17,18). The Labute approximate surface area is 130 Å². The molecular formula is C15H12FN5O2. The second-order valence-electron chi connectivity index (χ2n) is 5.24. The summed E-state index contributed by atoms with van der Waals surface area (Å²) in [5.74, 6) is -0.646. The third kappa shape index (κ3) is 2.48. The molecule has 4 rings (SSSR count). The fourth-order valence-electron chi connectivity index (χ4n) is 2.58. The molecule has 23 heavy (non-hydrogen) atoms. The van der Waals surface area contributed by atoms with Crippen LogP contribution < -0.4 is 0 Å². The van der Waals surface area contributed by atoms with Crippen molar-refractivity contribution in [1.82, 2.24) is 25.0 Å². The van der Waals surface area contributed by atoms with Crippen LogP contribution in [0, 0.1) is 5.82 Å². The number of nitrogens with zero attached hydrogens (tertiary/aromatic N) is 4. The van der Waals surface area contributed by atoms with Crippen LogP contribution in [0.3, 0.4) is 0 Å². The van der Waals surface area contributed by atoms with Gasteiger partial charge in [0.05, 0.1) is 24.3 Å². The SMILES string of the molecule is O=C(c1noc(-c2cccc(F)c2)n1)N1CCc2nc[nH]c2C1. The number of aromatic nitrogens is 4. The van der Waals surface area contributed by atoms with E-state index >= 15 is 0 Å². The third-order valence-corrected chi connectivity index (χ3v) is 3.75. The Morgan fingerprint density at radius 2 is 2.30 bits per heavy atom. The van der Waals surface area contributed by atoms with Gasteiger partial charge in [-0.15, -0.1) is 0 Å². The summed E-state index contributed by atoms with van der Waals surface area (Å²) in [6.45, 7) is 0.971. The molecule has 0 atom stereocenters. The van der Waals surface area contributed by atoms with Gasteiger partial charge in [0.15, 0.2) is 0 Å². The van der Waals surface area contributed by atoms with Crippen LogP contribution in [-0.2, 0) is 13.0 Å². The van der Waals surface area contributed by atoms with E-state index in [1.165, 1.54) is 12.1 Å². The van der Waals surface area contributed by atoms with Crippen LogP contribution in [0.15, 0.2) is 35.1 Å². The number of rotatable bonds is 2. The summed E-state index contributed by atoms with van der Waals surface area (Å²) in [5.41, 5.74) is 2.33. The van der Waals surface area contributed by atoms with E-state index in [-0.39, 0.29) is 17.6 Å². The first kappa shape index (κ1) is 13.6. The molecule has 0 unspecified atom stereocenters. The second kappa shape index (κ2) is 5.31. The molecule has 3 heterocycles. The van der Waals surface area contributed by atoms with Gasteiger partial charge in [0.25, 0.3) is 17.6 Å². The van der Waals surface area contributed by atoms with Gasteiger partial charge in [0, 0.05) is 18.5 Å². The van der Waals surface area contributed by atoms with Gasteiger partial charge in [-0.25, -0.2) is 9.37 Å². The summed E-state index contributed by atoms with van der Waals surface area (Å²) in [6.07, 6.45) is 2.30. The Kier molecular flexibility index (Phi) is 3.14. The largest absolute Gasteiger partial charge is 0.347 e. The van der Waals surface area contributed by atoms with Crippen molar-refractivity contribution < 1.29 is 13.7 Å². The highest BCUT2D eigenvalue weighted by atomic mass is 19.1. The molecule has 1 aliphatic rings. The number of nitrogens with one attached hydrogen (secondary N) is 1. The average Bonchev–Trinajstić information content (AvgIpc) is 3.22. The van der Waals surface area contributed by atoms with Gasteiger partial charge in [-0.2, -0.15) is 4.98 Å². The molecular weight excluding hydrogens is 301 g/mol. The lowest BCUT2D eigenvalue weighted by Crippen LogP contribution is -2.36. The lowest BCUT2D eigenvalue weighted by atomic mass is 10.1. The summed E-state index contributed by atoms with van der Waals surface area (Å²) < 4.78 is 18.3. The van der Waals surface area contributed by atoms with E-state index in [1.807, 2.05) is 0 Å². The molecule has 7 nitrogen and oxygen atoms in total. The molecule has 8 heteroatoms. The average molecular weight is 313 g/mol. The van der Waals surface area contributed by atoms with Crippen LogP contribution in [0.4, 0.5) is 4.39 Å². The molecule has 1 aromatic carbocycles. The molecule has 116 valence electrons. The zero-order valence-electron chi connectivity index (χ0n) is 12.0. The van der Waals surface area contributed by atoms with Gasteiger partial charge in [0.1, 0.15) is 5.82 Å². The first-order chi connectivity index (χ1) is 11.2. The van der Waals surface area contributed by atoms with Gasteiger partial charge in [0.2, 0.25) is 0 Å². The fourth-order valence-corrected chi connectivity index (χ4v) is 2.58. The van der Waals surface area contributed by atoms with E-state index in [0.717, 1.165) is 11.4 Å². The lowest BCUT2D eigenvalue weighted by Gasteiger charge is -2.24. The predicted molar refractivity (Wildman–Crippen MR) is 76.7 cm³/mol. The van der Waals surface area contributed by atoms with Gasteiger partial charge in [-0.1, -0.05) is 11.2 Å². The predicted octanol–water partition coefficient (Wildman–Crippen LogP) is 1.80. The summed E-state index contributed by atoms with van der Waals surface area (Å²) in [5, 5.41) is 3.72. The van der Waals surface area contributed by atoms with Crippen LogP contribution >= 0.6 is 0 Å². The van der Waals surface area contributed by atoms with Crippen LogP contribution in [-0.4, -0.2) is 37.5 Å². The third-order valence-electron chi connectivity index (χ3n) is 3.75. The van der Waals surface area contributed by atoms with Crippen LogP contribution in [0.5, 0.6) is 0 Å². The molecule has 0 radical (unpaired) electrons. The Balaban J connectivity index is 1.56. The molecule has 1 N–H and O–H groups in total. The first-order valence-electron chi connectivity index (χ1n) is 7.11. The fraction of sp³-hybridized carbons (Fsp3) is 0.200. The Hall–Kier alpha value is -3.03. The topological polar surface area (TPSA) is 87.9 Å². The second-order valence-corrected chi connectivity index (χ2v) is 5.24. The number of carbonyl (C=O) groups is 1. The van der Waals surface area contributed by atoms with Gasteiger partial charge in [-0.3, -0.25) is 4.79 Å². The maximum absolute atomic E-state index is 13.2. The number of benzene rings is 1. The van der Waals surface area contributed by atoms with E-state index in [2.05, 4.69) is 20.1 Å². The Morgan fingerprint density at radius 1 is 1.39 bits per heavy atom. The Morgan fingerprint density at radius 3 is 3.17 bits per heavy atom. The van der Waals surface area contributed by atoms with E-state index < -0.39 is 5.82 Å². The van der Waals surface area contributed by atoms with Crippen molar-refractivity contribution in [2.24, 2.45) is 0 Å². The van der Waals surface area contributed by atoms with E-state index in [0.29, 0.717) is 25.1 Å². The van der Waals surface area contributed by atoms with Crippen molar-refractivity contribution in [3.05, 3.63) is 53.6 Å². The van der Waals surface area contributed by atoms with Crippen molar-refractivity contribution in [2.45, 2.75) is 13.0 Å². The molecule has 0 aliphatic carbocycles. The highest BCUT2D eigenvalue weighted by Crippen LogP contribution is 2.20. The monoisotopic (exact) mass is 313 g/mol. The van der Waals surface area contributed by atoms with Gasteiger partial charge >= 0.3 is 0 Å². The van der Waals surface area contributed by atoms with Gasteiger partial charge in [-0.05, 0) is 18.2 Å². The number of aromatic amines is 1. The summed E-state index contributed by atoms with van der Waals surface area (Å²) >= 11 is 0. The zero-order valence-corrected chi connectivity index (χ0v) is 12.0. The highest BCUT2D eigenvalue weighted by molar-refractivity contribution is 5.90. The molecule has 0 saturated heterocycles. The summed E-state index contributed by atoms with van der Waals surface area (Å²) in [6, 6.07) is 5.78. The smallest absolute Gasteiger partial charge is 0.295 e. The molecule has 1 aliphatic heterocycles. The minimum atomic E-state index is -0.406. The van der Waals surface area contributed by atoms with Crippen molar-refractivity contribution in [1.29, 1.82) is 0 Å². The number of halogens is 1. The van der Waals surface area contributed by atoms with E-state index in [1.54, 1.807) is 23.4 Å². The molecule has 3 aromatic rings. The molecule has 0 saturated carbocycles. The number of hydrogen-bond acceptors (Lipinski definition) is 5. The number of amides is 1. The molecule has 1 amide bonds. The van der Waals surface area contributed by atoms with Crippen molar-refractivity contribution >= 4 is 5.91 Å². The summed E-state index contributed by atoms with van der Waals surface area (Å²) in [4.78, 5) is 25.4. The maximum Gasteiger partial charge on any atom is 0.295 e. The summed E-state index contributed by atoms with van der Waals surface area (Å²) in [7, 11) is 0. The van der Waals surface area contributed by atoms with Crippen LogP contribution in [0.2, 0.25) is 0 Å². The lowest BCUT2D eigenvalue weighted by molar-refractivity contribution is 0.0716. The number of carbonyl (C=O) groups excluding carboxylic acids is 1. The van der Waals surface area contributed by atoms with Crippen LogP contribution in [0.25, 0.3) is 11.5 Å². The molecule has 0 fully saturated rings. The number of imidazole rings is 1. The van der Waals surface area contributed by atoms with E-state index in [9.17, 15) is 9.18 Å². The van der Waals surface area contributed by atoms with Crippen LogP contribution in [0.1, 0.15) is 22.0 Å². The number of H-pyrrole nitrogens is 1. The van der Waals surface area contributed by atoms with E-state index in [4.69, 9.17) is 4.52 Å². The highest BCUT2D eigenvalue weighted by Gasteiger charge is 2.26. The quantitative estimate of drug-likeness (QED) is 0.779. The number of hydrogen-bond donors (Lipinski definition) is 1. The molecule has 0 bridgehead atoms. The van der Waals surface area contributed by atoms with Crippen molar-refractivity contribution in [3.63, 3.8) is 0 Å². The van der Waals surface area contributed by atoms with Crippen molar-refractivity contribution in [2.75, 3.05) is 6.54 Å². The minimum Gasteiger partial charge on any atom is -0.347 e. The zero-order chi connectivity index (χ0) is 15.8. The van der Waals surface area contributed by atoms with Crippen molar-refractivity contribution in [3.8, 4) is 11.5 Å². The first-order valence-corrected chi connectivity index (χ1v) is 7.11. The number of fused-ring (bicyclic) bond motifs is 1. The molecule has 0 spiro atoms. The van der Waals surface area contributed by atoms with Gasteiger partial charge < -0.3 is 14.4 Å². The Bertz CT molecular complexity index is 872.